The van der Waals surface area contributed by atoms with Gasteiger partial charge >= 0.3 is 5.69 Å². The molecule has 1 aromatic carbocycles. The Labute approximate surface area is 90.7 Å². The molecule has 2 aromatic rings. The summed E-state index contributed by atoms with van der Waals surface area (Å²) < 4.78 is 5.09. The number of aromatic amines is 2. The van der Waals surface area contributed by atoms with Crippen molar-refractivity contribution in [2.45, 2.75) is 6.92 Å². The molecule has 0 fully saturated rings. The van der Waals surface area contributed by atoms with Gasteiger partial charge in [-0.1, -0.05) is 0 Å². The summed E-state index contributed by atoms with van der Waals surface area (Å²) >= 11 is 0. The monoisotopic (exact) mass is 218 g/mol. The highest BCUT2D eigenvalue weighted by atomic mass is 16.5. The average Bonchev–Trinajstić information content (AvgIpc) is 2.16. The van der Waals surface area contributed by atoms with E-state index in [9.17, 15) is 9.59 Å². The molecule has 0 unspecified atom stereocenters. The van der Waals surface area contributed by atoms with E-state index in [2.05, 4.69) is 11.9 Å². The van der Waals surface area contributed by atoms with Crippen LogP contribution in [-0.4, -0.2) is 9.97 Å². The van der Waals surface area contributed by atoms with Gasteiger partial charge in [0.15, 0.2) is 0 Å². The third-order valence-corrected chi connectivity index (χ3v) is 1.95. The van der Waals surface area contributed by atoms with Crippen LogP contribution in [0.25, 0.3) is 0 Å². The van der Waals surface area contributed by atoms with Crippen molar-refractivity contribution >= 4 is 0 Å². The van der Waals surface area contributed by atoms with E-state index >= 15 is 0 Å². The van der Waals surface area contributed by atoms with Crippen LogP contribution >= 0.6 is 0 Å². The van der Waals surface area contributed by atoms with Crippen molar-refractivity contribution in [3.05, 3.63) is 56.9 Å². The van der Waals surface area contributed by atoms with Crippen LogP contribution in [0.3, 0.4) is 0 Å². The van der Waals surface area contributed by atoms with Crippen molar-refractivity contribution in [3.8, 4) is 11.5 Å². The molecule has 5 nitrogen and oxygen atoms in total. The first-order valence-corrected chi connectivity index (χ1v) is 4.71. The molecule has 2 bridgehead atoms. The lowest BCUT2D eigenvalue weighted by molar-refractivity contribution is 0.437. The lowest BCUT2D eigenvalue weighted by Crippen LogP contribution is -2.19. The molecule has 0 radical (unpaired) electrons. The Kier molecular flexibility index (Phi) is 2.59. The maximum Gasteiger partial charge on any atom is 0.325 e. The van der Waals surface area contributed by atoms with E-state index in [-0.39, 0.29) is 5.56 Å². The van der Waals surface area contributed by atoms with Crippen LogP contribution in [-0.2, 0) is 0 Å². The van der Waals surface area contributed by atoms with Gasteiger partial charge in [-0.05, 0) is 24.6 Å². The number of ether oxygens (including phenoxy) is 1. The molecule has 4 rings (SSSR count). The van der Waals surface area contributed by atoms with Gasteiger partial charge in [-0.2, -0.15) is 0 Å². The topological polar surface area (TPSA) is 75.0 Å². The fourth-order valence-electron chi connectivity index (χ4n) is 1.29. The molecule has 2 aliphatic heterocycles. The average molecular weight is 218 g/mol. The quantitative estimate of drug-likeness (QED) is 0.594. The Balaban J connectivity index is 0.000000120. The second-order valence-electron chi connectivity index (χ2n) is 3.38. The number of benzene rings is 1. The zero-order chi connectivity index (χ0) is 11.5. The third-order valence-electron chi connectivity index (χ3n) is 1.95. The summed E-state index contributed by atoms with van der Waals surface area (Å²) in [5, 5.41) is 0. The number of nitrogens with one attached hydrogen (secondary N) is 2. The van der Waals surface area contributed by atoms with Crippen LogP contribution in [0.15, 0.2) is 40.1 Å². The number of rotatable bonds is 0. The van der Waals surface area contributed by atoms with Crippen LogP contribution in [0.2, 0.25) is 0 Å². The van der Waals surface area contributed by atoms with E-state index in [1.54, 1.807) is 0 Å². The molecule has 82 valence electrons. The maximum absolute atomic E-state index is 10.2. The molecule has 5 heteroatoms. The number of hydrogen-bond acceptors (Lipinski definition) is 3. The summed E-state index contributed by atoms with van der Waals surface area (Å²) in [6.45, 7) is 2.06. The lowest BCUT2D eigenvalue weighted by atomic mass is 10.2. The number of hydrogen-bond donors (Lipinski definition) is 2. The predicted octanol–water partition coefficient (Wildman–Crippen LogP) is 1.16. The lowest BCUT2D eigenvalue weighted by Gasteiger charge is -2.16. The van der Waals surface area contributed by atoms with E-state index in [4.69, 9.17) is 4.74 Å². The summed E-state index contributed by atoms with van der Waals surface area (Å²) in [5.74, 6) is 2.00. The Bertz CT molecular complexity index is 566. The highest BCUT2D eigenvalue weighted by Crippen LogP contribution is 2.35. The van der Waals surface area contributed by atoms with Gasteiger partial charge in [-0.15, -0.1) is 0 Å². The number of fused-ring (bicyclic) bond motifs is 2. The zero-order valence-electron chi connectivity index (χ0n) is 8.61. The number of H-pyrrole nitrogens is 2. The van der Waals surface area contributed by atoms with Crippen molar-refractivity contribution in [2.24, 2.45) is 0 Å². The maximum atomic E-state index is 10.2. The van der Waals surface area contributed by atoms with Crippen LogP contribution in [0.5, 0.6) is 11.5 Å². The van der Waals surface area contributed by atoms with E-state index < -0.39 is 5.69 Å². The van der Waals surface area contributed by atoms with Crippen molar-refractivity contribution < 1.29 is 4.74 Å². The van der Waals surface area contributed by atoms with Crippen molar-refractivity contribution in [3.63, 3.8) is 0 Å². The highest BCUT2D eigenvalue weighted by molar-refractivity contribution is 5.47. The van der Waals surface area contributed by atoms with E-state index in [1.165, 1.54) is 17.8 Å². The Morgan fingerprint density at radius 3 is 2.06 bits per heavy atom. The number of aromatic nitrogens is 2. The molecular formula is C11H10N2O3. The van der Waals surface area contributed by atoms with E-state index in [0.717, 1.165) is 11.5 Å². The molecule has 1 aromatic heterocycles. The fraction of sp³-hybridized carbons (Fsp3) is 0.0909. The van der Waals surface area contributed by atoms with Crippen molar-refractivity contribution in [2.75, 3.05) is 0 Å². The van der Waals surface area contributed by atoms with Gasteiger partial charge in [0.05, 0.1) is 0 Å². The first kappa shape index (κ1) is 10.2. The summed E-state index contributed by atoms with van der Waals surface area (Å²) in [6.07, 6.45) is 1.29. The molecule has 0 amide bonds. The minimum absolute atomic E-state index is 0.381. The minimum atomic E-state index is -0.475. The Morgan fingerprint density at radius 1 is 1.12 bits per heavy atom. The van der Waals surface area contributed by atoms with Gasteiger partial charge in [0.1, 0.15) is 11.5 Å². The molecule has 2 aliphatic rings. The van der Waals surface area contributed by atoms with Crippen LogP contribution < -0.4 is 16.0 Å². The molecule has 0 spiro atoms. The molecule has 0 atom stereocenters. The van der Waals surface area contributed by atoms with Gasteiger partial charge in [0, 0.05) is 18.3 Å². The molecule has 0 saturated carbocycles. The standard InChI is InChI=1S/C7H6O.C4H4N2O2/c1-5-2-6-4-7(3-5)8-6;7-3-1-2-5-4(8)6-3/h2-4H,1H3;1-2H,(H2,5,6,7,8). The third kappa shape index (κ3) is 2.38. The first-order valence-electron chi connectivity index (χ1n) is 4.71. The normalized spacial score (nSPS) is 10.6. The van der Waals surface area contributed by atoms with E-state index in [1.807, 2.05) is 23.2 Å². The van der Waals surface area contributed by atoms with Crippen LogP contribution in [0.4, 0.5) is 0 Å². The largest absolute Gasteiger partial charge is 0.457 e. The second-order valence-corrected chi connectivity index (χ2v) is 3.38. The molecule has 2 N–H and O–H groups in total. The van der Waals surface area contributed by atoms with Crippen LogP contribution in [0, 0.1) is 6.92 Å². The Morgan fingerprint density at radius 2 is 1.75 bits per heavy atom. The van der Waals surface area contributed by atoms with Crippen molar-refractivity contribution in [1.82, 2.24) is 9.97 Å². The van der Waals surface area contributed by atoms with Gasteiger partial charge < -0.3 is 9.72 Å². The summed E-state index contributed by atoms with van der Waals surface area (Å²) in [4.78, 5) is 24.7. The zero-order valence-corrected chi connectivity index (χ0v) is 8.61. The van der Waals surface area contributed by atoms with Gasteiger partial charge in [0.25, 0.3) is 5.56 Å². The van der Waals surface area contributed by atoms with Crippen LogP contribution in [0.1, 0.15) is 5.56 Å². The van der Waals surface area contributed by atoms with Gasteiger partial charge in [0.2, 0.25) is 0 Å². The van der Waals surface area contributed by atoms with Crippen molar-refractivity contribution in [1.29, 1.82) is 0 Å². The second kappa shape index (κ2) is 4.06. The molecule has 0 saturated heterocycles. The Hall–Kier alpha value is -2.30. The fourth-order valence-corrected chi connectivity index (χ4v) is 1.29. The SMILES string of the molecule is Cc1cc2cc(c1)O2.O=c1cc[nH]c(=O)[nH]1. The predicted molar refractivity (Wildman–Crippen MR) is 58.9 cm³/mol. The summed E-state index contributed by atoms with van der Waals surface area (Å²) in [6, 6.07) is 7.30. The smallest absolute Gasteiger partial charge is 0.325 e. The summed E-state index contributed by atoms with van der Waals surface area (Å²) in [7, 11) is 0. The minimum Gasteiger partial charge on any atom is -0.457 e. The molecule has 0 aliphatic carbocycles. The first-order chi connectivity index (χ1) is 7.63. The molecule has 16 heavy (non-hydrogen) atoms. The van der Waals surface area contributed by atoms with Gasteiger partial charge in [-0.3, -0.25) is 9.78 Å². The summed E-state index contributed by atoms with van der Waals surface area (Å²) in [5.41, 5.74) is 0.426. The molecule has 3 heterocycles. The number of aryl methyl sites for hydroxylation is 1. The molecular weight excluding hydrogens is 208 g/mol. The van der Waals surface area contributed by atoms with E-state index in [0.29, 0.717) is 0 Å². The van der Waals surface area contributed by atoms with Gasteiger partial charge in [-0.25, -0.2) is 4.79 Å². The highest BCUT2D eigenvalue weighted by Gasteiger charge is 2.09.